The van der Waals surface area contributed by atoms with E-state index in [4.69, 9.17) is 9.47 Å². The number of Topliss-reactive ketones (excluding diaryl/α,β-unsaturated/α-hetero) is 2. The number of rotatable bonds is 7. The fourth-order valence-corrected chi connectivity index (χ4v) is 6.06. The summed E-state index contributed by atoms with van der Waals surface area (Å²) >= 11 is 0. The van der Waals surface area contributed by atoms with Gasteiger partial charge in [0.2, 0.25) is 5.91 Å². The van der Waals surface area contributed by atoms with E-state index in [1.54, 1.807) is 26.0 Å². The van der Waals surface area contributed by atoms with E-state index in [-0.39, 0.29) is 30.1 Å². The van der Waals surface area contributed by atoms with Gasteiger partial charge in [-0.1, -0.05) is 26.0 Å². The van der Waals surface area contributed by atoms with Crippen molar-refractivity contribution in [3.8, 4) is 16.9 Å². The van der Waals surface area contributed by atoms with E-state index in [9.17, 15) is 24.0 Å². The second-order valence-electron chi connectivity index (χ2n) is 11.5. The second kappa shape index (κ2) is 12.0. The summed E-state index contributed by atoms with van der Waals surface area (Å²) < 4.78 is 16.0. The molecular formula is C32H36N2O8. The van der Waals surface area contributed by atoms with Crippen molar-refractivity contribution in [3.63, 3.8) is 0 Å². The number of nitrogens with one attached hydrogen (secondary N) is 1. The van der Waals surface area contributed by atoms with Crippen LogP contribution in [0, 0.1) is 5.92 Å². The Kier molecular flexibility index (Phi) is 8.34. The number of carbonyl (C=O) groups excluding carboxylic acids is 5. The molecule has 1 saturated heterocycles. The number of carbonyl (C=O) groups is 5. The molecule has 1 aliphatic carbocycles. The first-order chi connectivity index (χ1) is 20.1. The van der Waals surface area contributed by atoms with Crippen molar-refractivity contribution in [2.24, 2.45) is 5.92 Å². The van der Waals surface area contributed by atoms with Crippen molar-refractivity contribution in [1.82, 2.24) is 10.2 Å². The summed E-state index contributed by atoms with van der Waals surface area (Å²) in [5.74, 6) is -0.859. The summed E-state index contributed by atoms with van der Waals surface area (Å²) in [6.45, 7) is 5.22. The van der Waals surface area contributed by atoms with Gasteiger partial charge in [0, 0.05) is 29.2 Å². The van der Waals surface area contributed by atoms with Gasteiger partial charge in [0.25, 0.3) is 0 Å². The molecule has 2 heterocycles. The lowest BCUT2D eigenvalue weighted by molar-refractivity contribution is -0.154. The van der Waals surface area contributed by atoms with Crippen LogP contribution in [-0.4, -0.2) is 66.3 Å². The van der Waals surface area contributed by atoms with Crippen LogP contribution in [0.25, 0.3) is 11.1 Å². The van der Waals surface area contributed by atoms with Crippen LogP contribution < -0.4 is 10.1 Å². The topological polar surface area (TPSA) is 128 Å². The van der Waals surface area contributed by atoms with E-state index in [0.29, 0.717) is 30.6 Å². The van der Waals surface area contributed by atoms with E-state index in [2.05, 4.69) is 10.1 Å². The maximum Gasteiger partial charge on any atom is 0.407 e. The highest BCUT2D eigenvalue weighted by atomic mass is 16.5. The summed E-state index contributed by atoms with van der Waals surface area (Å²) in [5, 5.41) is 2.56. The van der Waals surface area contributed by atoms with E-state index in [1.807, 2.05) is 25.1 Å². The number of alkyl carbamates (subject to hydrolysis) is 1. The molecule has 0 radical (unpaired) electrons. The molecule has 1 unspecified atom stereocenters. The number of nitrogens with zero attached hydrogens (tertiary/aromatic N) is 1. The smallest absolute Gasteiger partial charge is 0.407 e. The molecule has 1 N–H and O–H groups in total. The van der Waals surface area contributed by atoms with E-state index in [1.165, 1.54) is 12.0 Å². The highest BCUT2D eigenvalue weighted by Gasteiger charge is 2.43. The first-order valence-corrected chi connectivity index (χ1v) is 14.4. The Morgan fingerprint density at radius 3 is 2.55 bits per heavy atom. The minimum Gasteiger partial charge on any atom is -0.488 e. The van der Waals surface area contributed by atoms with Crippen LogP contribution in [0.4, 0.5) is 4.79 Å². The van der Waals surface area contributed by atoms with Crippen LogP contribution in [0.15, 0.2) is 30.3 Å². The third-order valence-electron chi connectivity index (χ3n) is 8.39. The molecule has 0 spiro atoms. The lowest BCUT2D eigenvalue weighted by Crippen LogP contribution is -2.55. The van der Waals surface area contributed by atoms with Crippen LogP contribution in [0.1, 0.15) is 78.3 Å². The number of amides is 2. The van der Waals surface area contributed by atoms with Crippen molar-refractivity contribution in [2.45, 2.75) is 77.6 Å². The van der Waals surface area contributed by atoms with Crippen LogP contribution >= 0.6 is 0 Å². The maximum atomic E-state index is 13.4. The van der Waals surface area contributed by atoms with E-state index >= 15 is 0 Å². The van der Waals surface area contributed by atoms with E-state index < -0.39 is 36.7 Å². The standard InChI is InChI=1S/C32H36N2O8/c1-17(2)29(33-32(39)40-4)30(37)34-18(3)8-11-25(34)31(38)42-16-27(36)20-9-10-22-21(12-20)15-41-28-14-23-19(13-24(22)28)6-5-7-26(23)35/h9-10,12-14,17-18,25,29H,5-8,11,15-16H2,1-4H3,(H,33,39)/t18-,25-,29?/m0/s1. The van der Waals surface area contributed by atoms with Gasteiger partial charge in [-0.2, -0.15) is 0 Å². The summed E-state index contributed by atoms with van der Waals surface area (Å²) in [7, 11) is 1.22. The van der Waals surface area contributed by atoms with Crippen LogP contribution in [0.2, 0.25) is 0 Å². The summed E-state index contributed by atoms with van der Waals surface area (Å²) in [6, 6.07) is 7.20. The Hall–Kier alpha value is -4.21. The number of likely N-dealkylation sites (tertiary alicyclic amines) is 1. The maximum absolute atomic E-state index is 13.4. The minimum absolute atomic E-state index is 0.140. The summed E-state index contributed by atoms with van der Waals surface area (Å²) in [6.07, 6.45) is 2.48. The lowest BCUT2D eigenvalue weighted by atomic mass is 9.86. The number of fused-ring (bicyclic) bond motifs is 4. The van der Waals surface area contributed by atoms with Crippen LogP contribution in [0.3, 0.4) is 0 Å². The Morgan fingerprint density at radius 2 is 1.81 bits per heavy atom. The number of hydrogen-bond acceptors (Lipinski definition) is 8. The molecule has 2 amide bonds. The lowest BCUT2D eigenvalue weighted by Gasteiger charge is -2.32. The van der Waals surface area contributed by atoms with Crippen molar-refractivity contribution in [2.75, 3.05) is 13.7 Å². The number of ether oxygens (including phenoxy) is 3. The van der Waals surface area contributed by atoms with Gasteiger partial charge in [-0.25, -0.2) is 9.59 Å². The molecule has 0 saturated carbocycles. The number of methoxy groups -OCH3 is 1. The fourth-order valence-electron chi connectivity index (χ4n) is 6.06. The molecular weight excluding hydrogens is 540 g/mol. The molecule has 1 fully saturated rings. The van der Waals surface area contributed by atoms with Gasteiger partial charge >= 0.3 is 12.1 Å². The van der Waals surface area contributed by atoms with Crippen molar-refractivity contribution >= 4 is 29.5 Å². The van der Waals surface area contributed by atoms with Gasteiger partial charge in [0.15, 0.2) is 18.2 Å². The molecule has 3 atom stereocenters. The van der Waals surface area contributed by atoms with Crippen LogP contribution in [-0.2, 0) is 32.1 Å². The molecule has 42 heavy (non-hydrogen) atoms. The highest BCUT2D eigenvalue weighted by molar-refractivity contribution is 6.01. The quantitative estimate of drug-likeness (QED) is 0.383. The Morgan fingerprint density at radius 1 is 1.02 bits per heavy atom. The Labute approximate surface area is 244 Å². The Balaban J connectivity index is 1.26. The average Bonchev–Trinajstić information content (AvgIpc) is 3.38. The average molecular weight is 577 g/mol. The predicted molar refractivity (Wildman–Crippen MR) is 152 cm³/mol. The number of benzene rings is 2. The van der Waals surface area contributed by atoms with Gasteiger partial charge in [0.05, 0.1) is 7.11 Å². The third-order valence-corrected chi connectivity index (χ3v) is 8.39. The summed E-state index contributed by atoms with van der Waals surface area (Å²) in [4.78, 5) is 65.2. The number of hydrogen-bond donors (Lipinski definition) is 1. The molecule has 5 rings (SSSR count). The minimum atomic E-state index is -0.872. The number of esters is 1. The monoisotopic (exact) mass is 576 g/mol. The molecule has 0 bridgehead atoms. The van der Waals surface area contributed by atoms with Gasteiger partial charge in [-0.15, -0.1) is 0 Å². The predicted octanol–water partition coefficient (Wildman–Crippen LogP) is 4.25. The second-order valence-corrected chi connectivity index (χ2v) is 11.5. The molecule has 2 aromatic rings. The third kappa shape index (κ3) is 5.62. The van der Waals surface area contributed by atoms with Crippen LogP contribution in [0.5, 0.6) is 5.75 Å². The SMILES string of the molecule is COC(=O)NC(C(=O)N1[C@@H](C)CC[C@H]1C(=O)OCC(=O)c1ccc2c(c1)COc1cc3c(cc1-2)CCCC3=O)C(C)C. The molecule has 0 aromatic heterocycles. The van der Waals surface area contributed by atoms with Gasteiger partial charge in [-0.3, -0.25) is 14.4 Å². The summed E-state index contributed by atoms with van der Waals surface area (Å²) in [5.41, 5.74) is 4.81. The largest absolute Gasteiger partial charge is 0.488 e. The molecule has 2 aliphatic heterocycles. The van der Waals surface area contributed by atoms with Gasteiger partial charge < -0.3 is 24.4 Å². The zero-order valence-corrected chi connectivity index (χ0v) is 24.4. The number of aryl methyl sites for hydroxylation is 1. The highest BCUT2D eigenvalue weighted by Crippen LogP contribution is 2.41. The molecule has 3 aliphatic rings. The van der Waals surface area contributed by atoms with E-state index in [0.717, 1.165) is 40.7 Å². The van der Waals surface area contributed by atoms with Crippen molar-refractivity contribution in [3.05, 3.63) is 52.6 Å². The van der Waals surface area contributed by atoms with Gasteiger partial charge in [0.1, 0.15) is 24.4 Å². The molecule has 2 aromatic carbocycles. The zero-order valence-electron chi connectivity index (χ0n) is 24.4. The normalized spacial score (nSPS) is 19.6. The first-order valence-electron chi connectivity index (χ1n) is 14.4. The molecule has 10 heteroatoms. The fraction of sp³-hybridized carbons (Fsp3) is 0.469. The zero-order chi connectivity index (χ0) is 30.1. The molecule has 222 valence electrons. The van der Waals surface area contributed by atoms with Crippen molar-refractivity contribution in [1.29, 1.82) is 0 Å². The first kappa shape index (κ1) is 29.3. The van der Waals surface area contributed by atoms with Crippen molar-refractivity contribution < 1.29 is 38.2 Å². The number of ketones is 2. The van der Waals surface area contributed by atoms with Gasteiger partial charge in [-0.05, 0) is 73.4 Å². The molecule has 10 nitrogen and oxygen atoms in total. The Bertz CT molecular complexity index is 1450.